The normalized spacial score (nSPS) is 12.1. The summed E-state index contributed by atoms with van der Waals surface area (Å²) >= 11 is 0. The fourth-order valence-electron chi connectivity index (χ4n) is 2.42. The minimum atomic E-state index is -0.721. The molecule has 24 heavy (non-hydrogen) atoms. The number of aryl methyl sites for hydroxylation is 1. The number of ether oxygens (including phenoxy) is 1. The van der Waals surface area contributed by atoms with E-state index in [-0.39, 0.29) is 6.54 Å². The molecule has 0 amide bonds. The minimum Gasteiger partial charge on any atom is -0.497 e. The molecule has 3 rings (SSSR count). The van der Waals surface area contributed by atoms with Gasteiger partial charge in [-0.1, -0.05) is 42.0 Å². The largest absolute Gasteiger partial charge is 0.497 e. The first-order valence-corrected chi connectivity index (χ1v) is 7.78. The lowest BCUT2D eigenvalue weighted by Gasteiger charge is -2.10. The summed E-state index contributed by atoms with van der Waals surface area (Å²) in [6.07, 6.45) is -0.100. The van der Waals surface area contributed by atoms with Gasteiger partial charge < -0.3 is 9.84 Å². The van der Waals surface area contributed by atoms with Crippen LogP contribution in [0.2, 0.25) is 0 Å². The second-order valence-electron chi connectivity index (χ2n) is 5.72. The van der Waals surface area contributed by atoms with Crippen molar-refractivity contribution in [2.75, 3.05) is 7.11 Å². The lowest BCUT2D eigenvalue weighted by atomic mass is 10.1. The van der Waals surface area contributed by atoms with E-state index in [1.807, 2.05) is 18.2 Å². The molecule has 1 aromatic heterocycles. The molecule has 2 aromatic carbocycles. The van der Waals surface area contributed by atoms with Gasteiger partial charge in [0.15, 0.2) is 5.82 Å². The standard InChI is InChI=1S/C18H20N4O2/c1-13-6-8-14(9-7-13)10-18-19-21-22(20-18)12-17(23)15-4-3-5-16(11-15)24-2/h3-9,11,17,23H,10,12H2,1-2H3/t17-/m0/s1. The van der Waals surface area contributed by atoms with Gasteiger partial charge in [0.05, 0.1) is 13.7 Å². The molecular formula is C18H20N4O2. The maximum absolute atomic E-state index is 10.3. The van der Waals surface area contributed by atoms with Crippen molar-refractivity contribution >= 4 is 0 Å². The molecule has 1 heterocycles. The van der Waals surface area contributed by atoms with Gasteiger partial charge >= 0.3 is 0 Å². The van der Waals surface area contributed by atoms with E-state index in [1.54, 1.807) is 13.2 Å². The van der Waals surface area contributed by atoms with E-state index in [0.29, 0.717) is 18.0 Å². The molecule has 0 saturated carbocycles. The zero-order valence-corrected chi connectivity index (χ0v) is 13.8. The maximum Gasteiger partial charge on any atom is 0.179 e. The predicted octanol–water partition coefficient (Wildman–Crippen LogP) is 2.31. The Labute approximate surface area is 140 Å². The van der Waals surface area contributed by atoms with Crippen molar-refractivity contribution in [3.05, 3.63) is 71.0 Å². The molecule has 124 valence electrons. The van der Waals surface area contributed by atoms with Crippen LogP contribution >= 0.6 is 0 Å². The van der Waals surface area contributed by atoms with Crippen LogP contribution in [-0.2, 0) is 13.0 Å². The molecule has 6 nitrogen and oxygen atoms in total. The summed E-state index contributed by atoms with van der Waals surface area (Å²) in [6.45, 7) is 2.30. The summed E-state index contributed by atoms with van der Waals surface area (Å²) in [7, 11) is 1.60. The second kappa shape index (κ2) is 7.23. The van der Waals surface area contributed by atoms with E-state index in [4.69, 9.17) is 4.74 Å². The molecule has 0 fully saturated rings. The number of methoxy groups -OCH3 is 1. The third-order valence-corrected chi connectivity index (χ3v) is 3.79. The van der Waals surface area contributed by atoms with Crippen molar-refractivity contribution in [3.8, 4) is 5.75 Å². The van der Waals surface area contributed by atoms with Crippen molar-refractivity contribution < 1.29 is 9.84 Å². The highest BCUT2D eigenvalue weighted by molar-refractivity contribution is 5.29. The smallest absolute Gasteiger partial charge is 0.179 e. The van der Waals surface area contributed by atoms with Gasteiger partial charge in [-0.05, 0) is 35.4 Å². The maximum atomic E-state index is 10.3. The van der Waals surface area contributed by atoms with E-state index in [0.717, 1.165) is 11.1 Å². The fraction of sp³-hybridized carbons (Fsp3) is 0.278. The van der Waals surface area contributed by atoms with Crippen molar-refractivity contribution in [2.24, 2.45) is 0 Å². The van der Waals surface area contributed by atoms with Crippen molar-refractivity contribution in [2.45, 2.75) is 26.0 Å². The van der Waals surface area contributed by atoms with E-state index in [1.165, 1.54) is 10.4 Å². The van der Waals surface area contributed by atoms with Crippen molar-refractivity contribution in [3.63, 3.8) is 0 Å². The van der Waals surface area contributed by atoms with Crippen LogP contribution in [-0.4, -0.2) is 32.4 Å². The summed E-state index contributed by atoms with van der Waals surface area (Å²) in [4.78, 5) is 1.42. The third-order valence-electron chi connectivity index (χ3n) is 3.79. The minimum absolute atomic E-state index is 0.244. The first kappa shape index (κ1) is 16.1. The van der Waals surface area contributed by atoms with Crippen molar-refractivity contribution in [1.29, 1.82) is 0 Å². The first-order valence-electron chi connectivity index (χ1n) is 7.78. The third kappa shape index (κ3) is 3.97. The monoisotopic (exact) mass is 324 g/mol. The molecule has 0 bridgehead atoms. The molecule has 3 aromatic rings. The molecule has 0 unspecified atom stereocenters. The number of hydrogen-bond acceptors (Lipinski definition) is 5. The van der Waals surface area contributed by atoms with Crippen LogP contribution in [0.1, 0.15) is 28.6 Å². The number of hydrogen-bond donors (Lipinski definition) is 1. The average molecular weight is 324 g/mol. The number of aromatic nitrogens is 4. The SMILES string of the molecule is COc1cccc([C@@H](O)Cn2nnc(Cc3ccc(C)cc3)n2)c1. The zero-order chi connectivity index (χ0) is 16.9. The highest BCUT2D eigenvalue weighted by atomic mass is 16.5. The second-order valence-corrected chi connectivity index (χ2v) is 5.72. The number of aliphatic hydroxyl groups is 1. The fourth-order valence-corrected chi connectivity index (χ4v) is 2.42. The van der Waals surface area contributed by atoms with Gasteiger partial charge in [-0.2, -0.15) is 4.80 Å². The average Bonchev–Trinajstić information content (AvgIpc) is 3.04. The van der Waals surface area contributed by atoms with Gasteiger partial charge in [0.2, 0.25) is 0 Å². The molecule has 0 saturated heterocycles. The lowest BCUT2D eigenvalue weighted by molar-refractivity contribution is 0.144. The van der Waals surface area contributed by atoms with Crippen LogP contribution < -0.4 is 4.74 Å². The molecule has 0 aliphatic carbocycles. The highest BCUT2D eigenvalue weighted by Gasteiger charge is 2.12. The Morgan fingerprint density at radius 1 is 1.17 bits per heavy atom. The molecule has 0 radical (unpaired) electrons. The van der Waals surface area contributed by atoms with Gasteiger partial charge in [-0.25, -0.2) is 0 Å². The number of tetrazole rings is 1. The van der Waals surface area contributed by atoms with E-state index in [2.05, 4.69) is 46.6 Å². The molecule has 0 aliphatic rings. The molecule has 1 N–H and O–H groups in total. The Bertz CT molecular complexity index is 799. The van der Waals surface area contributed by atoms with Crippen LogP contribution in [0.3, 0.4) is 0 Å². The number of aliphatic hydroxyl groups excluding tert-OH is 1. The Balaban J connectivity index is 1.65. The summed E-state index contributed by atoms with van der Waals surface area (Å²) < 4.78 is 5.17. The van der Waals surface area contributed by atoms with Gasteiger partial charge in [-0.15, -0.1) is 10.2 Å². The Morgan fingerprint density at radius 2 is 1.96 bits per heavy atom. The predicted molar refractivity (Wildman–Crippen MR) is 89.8 cm³/mol. The van der Waals surface area contributed by atoms with Gasteiger partial charge in [0, 0.05) is 6.42 Å². The van der Waals surface area contributed by atoms with Gasteiger partial charge in [0.25, 0.3) is 0 Å². The molecule has 6 heteroatoms. The molecule has 0 aliphatic heterocycles. The Kier molecular flexibility index (Phi) is 4.86. The quantitative estimate of drug-likeness (QED) is 0.753. The molecule has 0 spiro atoms. The Hall–Kier alpha value is -2.73. The van der Waals surface area contributed by atoms with Crippen LogP contribution in [0, 0.1) is 6.92 Å². The topological polar surface area (TPSA) is 73.1 Å². The van der Waals surface area contributed by atoms with Crippen molar-refractivity contribution in [1.82, 2.24) is 20.2 Å². The lowest BCUT2D eigenvalue weighted by Crippen LogP contribution is -2.12. The van der Waals surface area contributed by atoms with Gasteiger partial charge in [0.1, 0.15) is 11.9 Å². The van der Waals surface area contributed by atoms with E-state index < -0.39 is 6.10 Å². The Morgan fingerprint density at radius 3 is 2.71 bits per heavy atom. The highest BCUT2D eigenvalue weighted by Crippen LogP contribution is 2.20. The molecule has 1 atom stereocenters. The number of rotatable bonds is 6. The summed E-state index contributed by atoms with van der Waals surface area (Å²) in [5.41, 5.74) is 3.11. The summed E-state index contributed by atoms with van der Waals surface area (Å²) in [6, 6.07) is 15.6. The zero-order valence-electron chi connectivity index (χ0n) is 13.8. The van der Waals surface area contributed by atoms with Crippen LogP contribution in [0.5, 0.6) is 5.75 Å². The van der Waals surface area contributed by atoms with E-state index >= 15 is 0 Å². The number of benzene rings is 2. The summed E-state index contributed by atoms with van der Waals surface area (Å²) in [5.74, 6) is 1.34. The van der Waals surface area contributed by atoms with Crippen LogP contribution in [0.15, 0.2) is 48.5 Å². The van der Waals surface area contributed by atoms with Crippen LogP contribution in [0.25, 0.3) is 0 Å². The van der Waals surface area contributed by atoms with Gasteiger partial charge in [-0.3, -0.25) is 0 Å². The van der Waals surface area contributed by atoms with Crippen LogP contribution in [0.4, 0.5) is 0 Å². The number of nitrogens with zero attached hydrogens (tertiary/aromatic N) is 4. The first-order chi connectivity index (χ1) is 11.6. The molecular weight excluding hydrogens is 304 g/mol. The summed E-state index contributed by atoms with van der Waals surface area (Å²) in [5, 5.41) is 22.8. The van der Waals surface area contributed by atoms with E-state index in [9.17, 15) is 5.11 Å².